The third-order valence-electron chi connectivity index (χ3n) is 3.89. The number of esters is 1. The summed E-state index contributed by atoms with van der Waals surface area (Å²) in [4.78, 5) is 24.3. The smallest absolute Gasteiger partial charge is 0.339 e. The van der Waals surface area contributed by atoms with Crippen LogP contribution in [0.2, 0.25) is 5.02 Å². The molecule has 0 aromatic heterocycles. The van der Waals surface area contributed by atoms with Crippen LogP contribution >= 0.6 is 11.6 Å². The molecule has 0 heterocycles. The molecule has 0 bridgehead atoms. The number of hydrogen-bond acceptors (Lipinski definition) is 4. The van der Waals surface area contributed by atoms with Crippen LogP contribution in [-0.4, -0.2) is 24.6 Å². The molecule has 1 N–H and O–H groups in total. The van der Waals surface area contributed by atoms with Gasteiger partial charge in [0.1, 0.15) is 5.75 Å². The number of rotatable bonds is 6. The van der Waals surface area contributed by atoms with Crippen molar-refractivity contribution in [2.24, 2.45) is 0 Å². The monoisotopic (exact) mass is 375 g/mol. The van der Waals surface area contributed by atoms with Crippen LogP contribution in [0.3, 0.4) is 0 Å². The van der Waals surface area contributed by atoms with E-state index in [1.807, 2.05) is 32.0 Å². The van der Waals surface area contributed by atoms with Crippen molar-refractivity contribution in [3.63, 3.8) is 0 Å². The van der Waals surface area contributed by atoms with Gasteiger partial charge in [0.05, 0.1) is 17.2 Å². The molecule has 0 saturated heterocycles. The highest BCUT2D eigenvalue weighted by atomic mass is 35.5. The minimum Gasteiger partial charge on any atom is -0.481 e. The molecular formula is C20H22ClNO4. The van der Waals surface area contributed by atoms with Gasteiger partial charge < -0.3 is 14.8 Å². The van der Waals surface area contributed by atoms with Crippen LogP contribution < -0.4 is 10.1 Å². The molecule has 0 radical (unpaired) electrons. The maximum atomic E-state index is 12.4. The largest absolute Gasteiger partial charge is 0.481 e. The molecule has 2 aromatic carbocycles. The fraction of sp³-hybridized carbons (Fsp3) is 0.300. The summed E-state index contributed by atoms with van der Waals surface area (Å²) >= 11 is 6.02. The molecule has 0 spiro atoms. The first-order valence-corrected chi connectivity index (χ1v) is 8.71. The predicted octanol–water partition coefficient (Wildman–Crippen LogP) is 4.54. The van der Waals surface area contributed by atoms with Gasteiger partial charge in [0.2, 0.25) is 0 Å². The average Bonchev–Trinajstić information content (AvgIpc) is 2.60. The Hall–Kier alpha value is -2.53. The maximum absolute atomic E-state index is 12.4. The molecule has 0 saturated carbocycles. The molecule has 0 unspecified atom stereocenters. The fourth-order valence-corrected chi connectivity index (χ4v) is 2.45. The molecule has 1 atom stereocenters. The summed E-state index contributed by atoms with van der Waals surface area (Å²) in [6.45, 7) is 7.61. The zero-order chi connectivity index (χ0) is 19.3. The highest BCUT2D eigenvalue weighted by Gasteiger charge is 2.17. The summed E-state index contributed by atoms with van der Waals surface area (Å²) in [6.07, 6.45) is -0.709. The zero-order valence-corrected chi connectivity index (χ0v) is 16.0. The maximum Gasteiger partial charge on any atom is 0.339 e. The Bertz CT molecular complexity index is 819. The molecule has 2 rings (SSSR count). The van der Waals surface area contributed by atoms with Gasteiger partial charge in [-0.25, -0.2) is 4.79 Å². The van der Waals surface area contributed by atoms with E-state index in [-0.39, 0.29) is 23.1 Å². The van der Waals surface area contributed by atoms with Crippen molar-refractivity contribution in [1.82, 2.24) is 0 Å². The lowest BCUT2D eigenvalue weighted by atomic mass is 10.1. The Morgan fingerprint density at radius 1 is 1.12 bits per heavy atom. The highest BCUT2D eigenvalue weighted by molar-refractivity contribution is 6.33. The van der Waals surface area contributed by atoms with Gasteiger partial charge in [-0.3, -0.25) is 4.79 Å². The van der Waals surface area contributed by atoms with Gasteiger partial charge in [-0.05, 0) is 69.2 Å². The summed E-state index contributed by atoms with van der Waals surface area (Å²) in [5.41, 5.74) is 2.89. The molecule has 26 heavy (non-hydrogen) atoms. The third kappa shape index (κ3) is 4.99. The number of carbonyl (C=O) groups excluding carboxylic acids is 2. The van der Waals surface area contributed by atoms with Gasteiger partial charge in [-0.2, -0.15) is 0 Å². The fourth-order valence-electron chi connectivity index (χ4n) is 2.26. The number of nitrogens with one attached hydrogen (secondary N) is 1. The number of anilines is 1. The Labute approximate surface area is 158 Å². The van der Waals surface area contributed by atoms with Gasteiger partial charge >= 0.3 is 5.97 Å². The number of hydrogen-bond donors (Lipinski definition) is 1. The zero-order valence-electron chi connectivity index (χ0n) is 15.3. The first kappa shape index (κ1) is 19.8. The third-order valence-corrected chi connectivity index (χ3v) is 4.22. The van der Waals surface area contributed by atoms with E-state index in [0.717, 1.165) is 11.1 Å². The van der Waals surface area contributed by atoms with Crippen LogP contribution in [0.25, 0.3) is 0 Å². The number of aryl methyl sites for hydroxylation is 2. The molecule has 0 aliphatic carbocycles. The quantitative estimate of drug-likeness (QED) is 0.753. The van der Waals surface area contributed by atoms with Crippen LogP contribution in [-0.2, 0) is 9.53 Å². The molecule has 5 nitrogen and oxygen atoms in total. The summed E-state index contributed by atoms with van der Waals surface area (Å²) in [6, 6.07) is 10.3. The van der Waals surface area contributed by atoms with Gasteiger partial charge in [-0.15, -0.1) is 0 Å². The molecule has 0 aliphatic heterocycles. The Morgan fingerprint density at radius 2 is 1.85 bits per heavy atom. The first-order chi connectivity index (χ1) is 12.3. The summed E-state index contributed by atoms with van der Waals surface area (Å²) < 4.78 is 10.6. The average molecular weight is 376 g/mol. The van der Waals surface area contributed by atoms with Crippen molar-refractivity contribution in [3.05, 3.63) is 58.1 Å². The number of amides is 1. The lowest BCUT2D eigenvalue weighted by Gasteiger charge is -2.16. The lowest BCUT2D eigenvalue weighted by molar-refractivity contribution is -0.122. The van der Waals surface area contributed by atoms with Crippen LogP contribution in [0.5, 0.6) is 5.75 Å². The number of ether oxygens (including phenoxy) is 2. The van der Waals surface area contributed by atoms with Gasteiger partial charge in [0, 0.05) is 5.69 Å². The van der Waals surface area contributed by atoms with Crippen molar-refractivity contribution in [2.75, 3.05) is 11.9 Å². The normalized spacial score (nSPS) is 11.6. The molecule has 2 aromatic rings. The Balaban J connectivity index is 2.07. The molecule has 6 heteroatoms. The summed E-state index contributed by atoms with van der Waals surface area (Å²) in [5, 5.41) is 2.99. The first-order valence-electron chi connectivity index (χ1n) is 8.33. The van der Waals surface area contributed by atoms with Crippen LogP contribution in [0.15, 0.2) is 36.4 Å². The van der Waals surface area contributed by atoms with E-state index < -0.39 is 12.1 Å². The Kier molecular flexibility index (Phi) is 6.64. The van der Waals surface area contributed by atoms with E-state index in [4.69, 9.17) is 21.1 Å². The second-order valence-electron chi connectivity index (χ2n) is 5.91. The van der Waals surface area contributed by atoms with E-state index >= 15 is 0 Å². The summed E-state index contributed by atoms with van der Waals surface area (Å²) in [7, 11) is 0. The topological polar surface area (TPSA) is 64.6 Å². The van der Waals surface area contributed by atoms with Gasteiger partial charge in [0.15, 0.2) is 6.10 Å². The van der Waals surface area contributed by atoms with Crippen molar-refractivity contribution in [1.29, 1.82) is 0 Å². The SMILES string of the molecule is CCOC(=O)c1cc(NC(=O)[C@@H](C)Oc2ccc(C)c(C)c2)ccc1Cl. The van der Waals surface area contributed by atoms with E-state index in [0.29, 0.717) is 11.4 Å². The van der Waals surface area contributed by atoms with Crippen LogP contribution in [0.1, 0.15) is 35.3 Å². The molecule has 0 aliphatic rings. The number of carbonyl (C=O) groups is 2. The minimum atomic E-state index is -0.709. The molecule has 0 fully saturated rings. The molecule has 1 amide bonds. The number of halogens is 1. The van der Waals surface area contributed by atoms with Crippen molar-refractivity contribution in [2.45, 2.75) is 33.8 Å². The number of benzene rings is 2. The predicted molar refractivity (Wildman–Crippen MR) is 102 cm³/mol. The lowest BCUT2D eigenvalue weighted by Crippen LogP contribution is -2.30. The highest BCUT2D eigenvalue weighted by Crippen LogP contribution is 2.22. The van der Waals surface area contributed by atoms with Gasteiger partial charge in [-0.1, -0.05) is 17.7 Å². The second-order valence-corrected chi connectivity index (χ2v) is 6.32. The van der Waals surface area contributed by atoms with E-state index in [1.165, 1.54) is 12.1 Å². The minimum absolute atomic E-state index is 0.203. The van der Waals surface area contributed by atoms with Crippen molar-refractivity contribution >= 4 is 29.2 Å². The van der Waals surface area contributed by atoms with E-state index in [1.54, 1.807) is 19.9 Å². The van der Waals surface area contributed by atoms with E-state index in [2.05, 4.69) is 5.32 Å². The van der Waals surface area contributed by atoms with Crippen molar-refractivity contribution in [3.8, 4) is 5.75 Å². The molecule has 138 valence electrons. The van der Waals surface area contributed by atoms with Crippen molar-refractivity contribution < 1.29 is 19.1 Å². The summed E-state index contributed by atoms with van der Waals surface area (Å²) in [5.74, 6) is -0.243. The standard InChI is InChI=1S/C20H22ClNO4/c1-5-25-20(24)17-11-15(7-9-18(17)21)22-19(23)14(4)26-16-8-6-12(2)13(3)10-16/h6-11,14H,5H2,1-4H3,(H,22,23)/t14-/m1/s1. The molecular weight excluding hydrogens is 354 g/mol. The van der Waals surface area contributed by atoms with Crippen LogP contribution in [0, 0.1) is 13.8 Å². The van der Waals surface area contributed by atoms with Crippen LogP contribution in [0.4, 0.5) is 5.69 Å². The van der Waals surface area contributed by atoms with Gasteiger partial charge in [0.25, 0.3) is 5.91 Å². The van der Waals surface area contributed by atoms with E-state index in [9.17, 15) is 9.59 Å². The second kappa shape index (κ2) is 8.72. The Morgan fingerprint density at radius 3 is 2.50 bits per heavy atom.